The lowest BCUT2D eigenvalue weighted by Gasteiger charge is -2.07. The molecule has 1 aromatic carbocycles. The van der Waals surface area contributed by atoms with Crippen molar-refractivity contribution in [3.63, 3.8) is 0 Å². The minimum absolute atomic E-state index is 0.0484. The first kappa shape index (κ1) is 16.2. The van der Waals surface area contributed by atoms with Gasteiger partial charge in [-0.25, -0.2) is 9.59 Å². The molecule has 0 amide bonds. The predicted molar refractivity (Wildman–Crippen MR) is 77.1 cm³/mol. The van der Waals surface area contributed by atoms with E-state index in [1.807, 2.05) is 6.07 Å². The zero-order valence-corrected chi connectivity index (χ0v) is 11.9. The van der Waals surface area contributed by atoms with Crippen molar-refractivity contribution >= 4 is 17.5 Å². The highest BCUT2D eigenvalue weighted by atomic mass is 16.5. The number of rotatable bonds is 5. The summed E-state index contributed by atoms with van der Waals surface area (Å²) in [5, 5.41) is 9.07. The molecule has 5 nitrogen and oxygen atoms in total. The summed E-state index contributed by atoms with van der Waals surface area (Å²) in [5.74, 6) is -0.856. The number of allylic oxidation sites excluding steroid dienone is 1. The highest BCUT2D eigenvalue weighted by molar-refractivity contribution is 6.01. The number of esters is 2. The molecule has 21 heavy (non-hydrogen) atoms. The summed E-state index contributed by atoms with van der Waals surface area (Å²) < 4.78 is 9.77. The third-order valence-corrected chi connectivity index (χ3v) is 2.64. The molecule has 0 N–H and O–H groups in total. The number of nitrogens with zero attached hydrogens (tertiary/aromatic N) is 1. The Morgan fingerprint density at radius 3 is 2.43 bits per heavy atom. The first-order valence-corrected chi connectivity index (χ1v) is 6.26. The Balaban J connectivity index is 3.04. The van der Waals surface area contributed by atoms with Gasteiger partial charge in [0, 0.05) is 6.08 Å². The van der Waals surface area contributed by atoms with Gasteiger partial charge < -0.3 is 9.47 Å². The molecule has 0 saturated heterocycles. The Morgan fingerprint density at radius 2 is 1.95 bits per heavy atom. The van der Waals surface area contributed by atoms with Gasteiger partial charge in [0.25, 0.3) is 0 Å². The topological polar surface area (TPSA) is 76.4 Å². The molecule has 0 aromatic heterocycles. The van der Waals surface area contributed by atoms with Crippen LogP contribution in [0, 0.1) is 11.3 Å². The van der Waals surface area contributed by atoms with Crippen molar-refractivity contribution in [1.29, 1.82) is 5.26 Å². The van der Waals surface area contributed by atoms with Crippen LogP contribution in [-0.2, 0) is 14.3 Å². The SMILES string of the molecule is C=CC(=O)Oc1ccc(/C(C)=C(\C#N)C(=O)OCC)cc1. The number of carbonyl (C=O) groups is 2. The first-order chi connectivity index (χ1) is 10.0. The minimum Gasteiger partial charge on any atom is -0.462 e. The molecular formula is C16H15NO4. The molecule has 0 heterocycles. The largest absolute Gasteiger partial charge is 0.462 e. The summed E-state index contributed by atoms with van der Waals surface area (Å²) in [4.78, 5) is 22.7. The van der Waals surface area contributed by atoms with E-state index in [2.05, 4.69) is 6.58 Å². The smallest absolute Gasteiger partial charge is 0.349 e. The summed E-state index contributed by atoms with van der Waals surface area (Å²) in [6.07, 6.45) is 1.06. The molecule has 0 bridgehead atoms. The fourth-order valence-electron chi connectivity index (χ4n) is 1.56. The second-order valence-corrected chi connectivity index (χ2v) is 3.98. The normalized spacial score (nSPS) is 10.9. The fourth-order valence-corrected chi connectivity index (χ4v) is 1.56. The van der Waals surface area contributed by atoms with E-state index < -0.39 is 11.9 Å². The number of hydrogen-bond donors (Lipinski definition) is 0. The Kier molecular flexibility index (Phi) is 5.90. The van der Waals surface area contributed by atoms with Crippen molar-refractivity contribution in [3.8, 4) is 11.8 Å². The van der Waals surface area contributed by atoms with Gasteiger partial charge in [-0.15, -0.1) is 0 Å². The number of ether oxygens (including phenoxy) is 2. The fraction of sp³-hybridized carbons (Fsp3) is 0.188. The van der Waals surface area contributed by atoms with Crippen molar-refractivity contribution in [1.82, 2.24) is 0 Å². The molecule has 0 unspecified atom stereocenters. The molecule has 108 valence electrons. The summed E-state index contributed by atoms with van der Waals surface area (Å²) in [7, 11) is 0. The number of nitriles is 1. The van der Waals surface area contributed by atoms with Gasteiger partial charge >= 0.3 is 11.9 Å². The molecule has 0 saturated carbocycles. The monoisotopic (exact) mass is 285 g/mol. The van der Waals surface area contributed by atoms with Crippen LogP contribution < -0.4 is 4.74 Å². The average Bonchev–Trinajstić information content (AvgIpc) is 2.48. The van der Waals surface area contributed by atoms with Crippen LogP contribution in [0.3, 0.4) is 0 Å². The van der Waals surface area contributed by atoms with Crippen molar-refractivity contribution < 1.29 is 19.1 Å². The van der Waals surface area contributed by atoms with Gasteiger partial charge in [-0.3, -0.25) is 0 Å². The molecule has 0 spiro atoms. The first-order valence-electron chi connectivity index (χ1n) is 6.26. The van der Waals surface area contributed by atoms with Gasteiger partial charge in [-0.1, -0.05) is 18.7 Å². The zero-order chi connectivity index (χ0) is 15.8. The molecule has 1 aromatic rings. The van der Waals surface area contributed by atoms with Crippen molar-refractivity contribution in [2.24, 2.45) is 0 Å². The number of hydrogen-bond acceptors (Lipinski definition) is 5. The molecule has 0 radical (unpaired) electrons. The van der Waals surface area contributed by atoms with E-state index in [1.165, 1.54) is 0 Å². The van der Waals surface area contributed by atoms with Gasteiger partial charge in [0.15, 0.2) is 0 Å². The lowest BCUT2D eigenvalue weighted by molar-refractivity contribution is -0.138. The van der Waals surface area contributed by atoms with E-state index in [0.29, 0.717) is 16.9 Å². The van der Waals surface area contributed by atoms with Gasteiger partial charge in [-0.2, -0.15) is 5.26 Å². The highest BCUT2D eigenvalue weighted by Gasteiger charge is 2.15. The summed E-state index contributed by atoms with van der Waals surface area (Å²) in [6, 6.07) is 8.29. The van der Waals surface area contributed by atoms with Crippen LogP contribution in [0.15, 0.2) is 42.5 Å². The molecule has 0 aliphatic heterocycles. The van der Waals surface area contributed by atoms with Crippen LogP contribution in [0.2, 0.25) is 0 Å². The van der Waals surface area contributed by atoms with E-state index in [1.54, 1.807) is 38.1 Å². The standard InChI is InChI=1S/C16H15NO4/c1-4-15(18)21-13-8-6-12(7-9-13)11(3)14(10-17)16(19)20-5-2/h4,6-9H,1,5H2,2-3H3/b14-11+. The minimum atomic E-state index is -0.653. The number of carbonyl (C=O) groups excluding carboxylic acids is 2. The lowest BCUT2D eigenvalue weighted by atomic mass is 10.0. The van der Waals surface area contributed by atoms with Crippen molar-refractivity contribution in [2.45, 2.75) is 13.8 Å². The van der Waals surface area contributed by atoms with Gasteiger partial charge in [-0.05, 0) is 37.1 Å². The Bertz CT molecular complexity index is 621. The maximum atomic E-state index is 11.7. The van der Waals surface area contributed by atoms with Gasteiger partial charge in [0.1, 0.15) is 17.4 Å². The third-order valence-electron chi connectivity index (χ3n) is 2.64. The second kappa shape index (κ2) is 7.65. The molecule has 0 atom stereocenters. The Hall–Kier alpha value is -2.87. The van der Waals surface area contributed by atoms with Crippen LogP contribution in [0.5, 0.6) is 5.75 Å². The lowest BCUT2D eigenvalue weighted by Crippen LogP contribution is -2.08. The van der Waals surface area contributed by atoms with E-state index in [0.717, 1.165) is 6.08 Å². The molecule has 0 fully saturated rings. The summed E-state index contributed by atoms with van der Waals surface area (Å²) in [6.45, 7) is 6.83. The van der Waals surface area contributed by atoms with Crippen LogP contribution in [-0.4, -0.2) is 18.5 Å². The van der Waals surface area contributed by atoms with Crippen molar-refractivity contribution in [3.05, 3.63) is 48.1 Å². The molecule has 0 aliphatic rings. The van der Waals surface area contributed by atoms with Crippen LogP contribution in [0.25, 0.3) is 5.57 Å². The van der Waals surface area contributed by atoms with E-state index >= 15 is 0 Å². The summed E-state index contributed by atoms with van der Waals surface area (Å²) >= 11 is 0. The maximum absolute atomic E-state index is 11.7. The Morgan fingerprint density at radius 1 is 1.33 bits per heavy atom. The van der Waals surface area contributed by atoms with Crippen LogP contribution in [0.4, 0.5) is 0 Å². The summed E-state index contributed by atoms with van der Waals surface area (Å²) in [5.41, 5.74) is 1.11. The van der Waals surface area contributed by atoms with Crippen LogP contribution >= 0.6 is 0 Å². The third kappa shape index (κ3) is 4.32. The zero-order valence-electron chi connectivity index (χ0n) is 11.9. The maximum Gasteiger partial charge on any atom is 0.349 e. The average molecular weight is 285 g/mol. The molecular weight excluding hydrogens is 270 g/mol. The van der Waals surface area contributed by atoms with Crippen LogP contribution in [0.1, 0.15) is 19.4 Å². The highest BCUT2D eigenvalue weighted by Crippen LogP contribution is 2.22. The Labute approximate surface area is 123 Å². The number of benzene rings is 1. The van der Waals surface area contributed by atoms with E-state index in [9.17, 15) is 9.59 Å². The van der Waals surface area contributed by atoms with E-state index in [-0.39, 0.29) is 12.2 Å². The second-order valence-electron chi connectivity index (χ2n) is 3.98. The molecule has 0 aliphatic carbocycles. The quantitative estimate of drug-likeness (QED) is 0.360. The van der Waals surface area contributed by atoms with E-state index in [4.69, 9.17) is 14.7 Å². The molecule has 5 heteroatoms. The van der Waals surface area contributed by atoms with Gasteiger partial charge in [0.05, 0.1) is 6.61 Å². The predicted octanol–water partition coefficient (Wildman–Crippen LogP) is 2.64. The van der Waals surface area contributed by atoms with Crippen molar-refractivity contribution in [2.75, 3.05) is 6.61 Å². The van der Waals surface area contributed by atoms with Gasteiger partial charge in [0.2, 0.25) is 0 Å². The molecule has 1 rings (SSSR count).